The van der Waals surface area contributed by atoms with Crippen LogP contribution in [0.2, 0.25) is 0 Å². The van der Waals surface area contributed by atoms with Crippen LogP contribution in [0.4, 0.5) is 0 Å². The van der Waals surface area contributed by atoms with Gasteiger partial charge in [0, 0.05) is 37.5 Å². The van der Waals surface area contributed by atoms with Gasteiger partial charge in [0.2, 0.25) is 0 Å². The first-order valence-corrected chi connectivity index (χ1v) is 6.81. The molecule has 1 aliphatic heterocycles. The van der Waals surface area contributed by atoms with Gasteiger partial charge in [-0.1, -0.05) is 0 Å². The number of hydrogen-bond acceptors (Lipinski definition) is 4. The van der Waals surface area contributed by atoms with Crippen molar-refractivity contribution < 1.29 is 19.8 Å². The van der Waals surface area contributed by atoms with Gasteiger partial charge >= 0.3 is 5.97 Å². The molecule has 2 rings (SSSR count). The van der Waals surface area contributed by atoms with Crippen molar-refractivity contribution in [1.29, 1.82) is 0 Å². The largest absolute Gasteiger partial charge is 0.478 e. The number of carbonyl (C=O) groups excluding carboxylic acids is 1. The van der Waals surface area contributed by atoms with E-state index in [1.165, 1.54) is 18.5 Å². The number of carboxylic acid groups (broad SMARTS) is 1. The van der Waals surface area contributed by atoms with E-state index in [-0.39, 0.29) is 11.8 Å². The van der Waals surface area contributed by atoms with E-state index in [1.807, 2.05) is 0 Å². The number of carbonyl (C=O) groups is 2. The second-order valence-electron chi connectivity index (χ2n) is 5.22. The molecular formula is C15H18N2O4. The van der Waals surface area contributed by atoms with Crippen molar-refractivity contribution in [2.75, 3.05) is 13.1 Å². The molecule has 2 unspecified atom stereocenters. The van der Waals surface area contributed by atoms with Crippen molar-refractivity contribution in [3.8, 4) is 0 Å². The second kappa shape index (κ2) is 6.49. The van der Waals surface area contributed by atoms with E-state index in [0.29, 0.717) is 24.2 Å². The number of pyridine rings is 1. The lowest BCUT2D eigenvalue weighted by atomic mass is 10.0. The zero-order chi connectivity index (χ0) is 15.4. The predicted octanol–water partition coefficient (Wildman–Crippen LogP) is 1.02. The van der Waals surface area contributed by atoms with Crippen LogP contribution in [0.15, 0.2) is 24.5 Å². The highest BCUT2D eigenvalue weighted by Crippen LogP contribution is 2.21. The van der Waals surface area contributed by atoms with E-state index in [9.17, 15) is 14.7 Å². The standard InChI is InChI=1S/C15H18N2O4/c1-10(18)12-4-5-17(9-12)15(21)13-6-11(7-16-8-13)2-3-14(19)20/h2-3,6-8,10,12,18H,4-5,9H2,1H3,(H,19,20)/b3-2+. The van der Waals surface area contributed by atoms with E-state index in [0.717, 1.165) is 12.5 Å². The average molecular weight is 290 g/mol. The van der Waals surface area contributed by atoms with E-state index in [2.05, 4.69) is 4.98 Å². The molecule has 0 spiro atoms. The fourth-order valence-electron chi connectivity index (χ4n) is 2.38. The molecule has 0 radical (unpaired) electrons. The molecule has 1 aromatic heterocycles. The topological polar surface area (TPSA) is 90.7 Å². The number of aliphatic hydroxyl groups is 1. The lowest BCUT2D eigenvalue weighted by Crippen LogP contribution is -2.30. The fourth-order valence-corrected chi connectivity index (χ4v) is 2.38. The van der Waals surface area contributed by atoms with Gasteiger partial charge in [-0.15, -0.1) is 0 Å². The monoisotopic (exact) mass is 290 g/mol. The van der Waals surface area contributed by atoms with Gasteiger partial charge in [-0.25, -0.2) is 4.79 Å². The van der Waals surface area contributed by atoms with Crippen LogP contribution in [-0.4, -0.2) is 51.2 Å². The fraction of sp³-hybridized carbons (Fsp3) is 0.400. The maximum Gasteiger partial charge on any atom is 0.328 e. The first kappa shape index (κ1) is 15.2. The summed E-state index contributed by atoms with van der Waals surface area (Å²) >= 11 is 0. The van der Waals surface area contributed by atoms with E-state index < -0.39 is 12.1 Å². The quantitative estimate of drug-likeness (QED) is 0.808. The molecule has 1 fully saturated rings. The van der Waals surface area contributed by atoms with Gasteiger partial charge < -0.3 is 15.1 Å². The highest BCUT2D eigenvalue weighted by atomic mass is 16.4. The molecule has 0 aromatic carbocycles. The molecule has 21 heavy (non-hydrogen) atoms. The van der Waals surface area contributed by atoms with Crippen molar-refractivity contribution in [1.82, 2.24) is 9.88 Å². The predicted molar refractivity (Wildman–Crippen MR) is 76.6 cm³/mol. The van der Waals surface area contributed by atoms with E-state index in [4.69, 9.17) is 5.11 Å². The summed E-state index contributed by atoms with van der Waals surface area (Å²) in [6.07, 6.45) is 5.73. The molecule has 1 amide bonds. The van der Waals surface area contributed by atoms with Gasteiger partial charge in [0.25, 0.3) is 5.91 Å². The number of amides is 1. The minimum Gasteiger partial charge on any atom is -0.478 e. The Labute approximate surface area is 122 Å². The van der Waals surface area contributed by atoms with Crippen molar-refractivity contribution in [2.45, 2.75) is 19.4 Å². The Bertz CT molecular complexity index is 569. The van der Waals surface area contributed by atoms with Crippen molar-refractivity contribution in [2.24, 2.45) is 5.92 Å². The smallest absolute Gasteiger partial charge is 0.328 e. The normalized spacial score (nSPS) is 19.9. The molecule has 2 N–H and O–H groups in total. The Balaban J connectivity index is 2.10. The molecular weight excluding hydrogens is 272 g/mol. The van der Waals surface area contributed by atoms with Gasteiger partial charge in [0.15, 0.2) is 0 Å². The SMILES string of the molecule is CC(O)C1CCN(C(=O)c2cncc(/C=C/C(=O)O)c2)C1. The van der Waals surface area contributed by atoms with Gasteiger partial charge in [-0.05, 0) is 31.1 Å². The molecule has 1 aromatic rings. The third-order valence-corrected chi connectivity index (χ3v) is 3.62. The second-order valence-corrected chi connectivity index (χ2v) is 5.22. The highest BCUT2D eigenvalue weighted by molar-refractivity contribution is 5.95. The Kier molecular flexibility index (Phi) is 4.70. The zero-order valence-corrected chi connectivity index (χ0v) is 11.8. The molecule has 1 saturated heterocycles. The Morgan fingerprint density at radius 2 is 2.24 bits per heavy atom. The zero-order valence-electron chi connectivity index (χ0n) is 11.8. The lowest BCUT2D eigenvalue weighted by molar-refractivity contribution is -0.131. The number of carboxylic acids is 1. The molecule has 0 aliphatic carbocycles. The van der Waals surface area contributed by atoms with Crippen LogP contribution in [0.3, 0.4) is 0 Å². The number of hydrogen-bond donors (Lipinski definition) is 2. The molecule has 2 atom stereocenters. The minimum atomic E-state index is -1.05. The van der Waals surface area contributed by atoms with Gasteiger partial charge in [-0.3, -0.25) is 9.78 Å². The number of likely N-dealkylation sites (tertiary alicyclic amines) is 1. The number of aliphatic hydroxyl groups excluding tert-OH is 1. The van der Waals surface area contributed by atoms with Crippen LogP contribution in [0, 0.1) is 5.92 Å². The number of aromatic nitrogens is 1. The van der Waals surface area contributed by atoms with Gasteiger partial charge in [0.1, 0.15) is 0 Å². The maximum atomic E-state index is 12.4. The summed E-state index contributed by atoms with van der Waals surface area (Å²) in [6, 6.07) is 1.62. The van der Waals surface area contributed by atoms with Crippen LogP contribution in [0.1, 0.15) is 29.3 Å². The van der Waals surface area contributed by atoms with Crippen LogP contribution in [0.5, 0.6) is 0 Å². The van der Waals surface area contributed by atoms with Crippen molar-refractivity contribution >= 4 is 18.0 Å². The molecule has 1 aliphatic rings. The Morgan fingerprint density at radius 1 is 1.48 bits per heavy atom. The number of aliphatic carboxylic acids is 1. The Hall–Kier alpha value is -2.21. The first-order chi connectivity index (χ1) is 9.97. The van der Waals surface area contributed by atoms with Crippen LogP contribution < -0.4 is 0 Å². The summed E-state index contributed by atoms with van der Waals surface area (Å²) in [6.45, 7) is 2.88. The lowest BCUT2D eigenvalue weighted by Gasteiger charge is -2.17. The van der Waals surface area contributed by atoms with E-state index >= 15 is 0 Å². The highest BCUT2D eigenvalue weighted by Gasteiger charge is 2.29. The van der Waals surface area contributed by atoms with Crippen LogP contribution >= 0.6 is 0 Å². The van der Waals surface area contributed by atoms with Gasteiger partial charge in [-0.2, -0.15) is 0 Å². The summed E-state index contributed by atoms with van der Waals surface area (Å²) in [5, 5.41) is 18.2. The molecule has 0 saturated carbocycles. The molecule has 6 heteroatoms. The summed E-state index contributed by atoms with van der Waals surface area (Å²) in [5.74, 6) is -1.08. The van der Waals surface area contributed by atoms with Gasteiger partial charge in [0.05, 0.1) is 11.7 Å². The summed E-state index contributed by atoms with van der Waals surface area (Å²) < 4.78 is 0. The Morgan fingerprint density at radius 3 is 2.86 bits per heavy atom. The number of rotatable bonds is 4. The summed E-state index contributed by atoms with van der Waals surface area (Å²) in [7, 11) is 0. The summed E-state index contributed by atoms with van der Waals surface area (Å²) in [5.41, 5.74) is 0.989. The third-order valence-electron chi connectivity index (χ3n) is 3.62. The molecule has 2 heterocycles. The van der Waals surface area contributed by atoms with Crippen molar-refractivity contribution in [3.63, 3.8) is 0 Å². The van der Waals surface area contributed by atoms with E-state index in [1.54, 1.807) is 17.9 Å². The van der Waals surface area contributed by atoms with Crippen LogP contribution in [0.25, 0.3) is 6.08 Å². The third kappa shape index (κ3) is 3.88. The molecule has 6 nitrogen and oxygen atoms in total. The maximum absolute atomic E-state index is 12.4. The number of nitrogens with zero attached hydrogens (tertiary/aromatic N) is 2. The first-order valence-electron chi connectivity index (χ1n) is 6.81. The molecule has 112 valence electrons. The average Bonchev–Trinajstić information content (AvgIpc) is 2.94. The van der Waals surface area contributed by atoms with Crippen molar-refractivity contribution in [3.05, 3.63) is 35.7 Å². The van der Waals surface area contributed by atoms with Crippen LogP contribution in [-0.2, 0) is 4.79 Å². The molecule has 0 bridgehead atoms. The summed E-state index contributed by atoms with van der Waals surface area (Å²) in [4.78, 5) is 28.5. The minimum absolute atomic E-state index is 0.108.